The maximum Gasteiger partial charge on any atom is 0.308 e. The number of H-pyrrole nitrogens is 1. The third kappa shape index (κ3) is 5.61. The van der Waals surface area contributed by atoms with Gasteiger partial charge in [0.1, 0.15) is 12.2 Å². The SMILES string of the molecule is CCCCC1=CN(C2CCCCCC2C(=O)O)C[N+]1([O-])Cc1cc(-c2cccc(-c3nn[nH]n3)c2)ccn1. The number of aromatic amines is 1. The average Bonchev–Trinajstić information content (AvgIpc) is 3.48. The number of hydrogen-bond acceptors (Lipinski definition) is 7. The Morgan fingerprint density at radius 2 is 1.97 bits per heavy atom. The molecule has 0 amide bonds. The summed E-state index contributed by atoms with van der Waals surface area (Å²) in [5, 5.41) is 38.6. The molecule has 2 N–H and O–H groups in total. The Balaban J connectivity index is 1.40. The Bertz CT molecular complexity index is 1280. The fourth-order valence-corrected chi connectivity index (χ4v) is 5.77. The van der Waals surface area contributed by atoms with Crippen LogP contribution in [-0.4, -0.2) is 58.9 Å². The number of pyridine rings is 1. The van der Waals surface area contributed by atoms with Crippen LogP contribution in [0.2, 0.25) is 0 Å². The van der Waals surface area contributed by atoms with Crippen molar-refractivity contribution in [1.29, 1.82) is 0 Å². The van der Waals surface area contributed by atoms with E-state index in [2.05, 4.69) is 32.5 Å². The largest absolute Gasteiger partial charge is 0.626 e. The second kappa shape index (κ2) is 11.4. The second-order valence-corrected chi connectivity index (χ2v) is 10.4. The van der Waals surface area contributed by atoms with Crippen LogP contribution < -0.4 is 0 Å². The van der Waals surface area contributed by atoms with Gasteiger partial charge in [0.2, 0.25) is 5.82 Å². The summed E-state index contributed by atoms with van der Waals surface area (Å²) < 4.78 is -0.512. The van der Waals surface area contributed by atoms with Crippen molar-refractivity contribution in [3.8, 4) is 22.5 Å². The summed E-state index contributed by atoms with van der Waals surface area (Å²) >= 11 is 0. The lowest BCUT2D eigenvalue weighted by atomic mass is 9.94. The molecule has 3 atom stereocenters. The van der Waals surface area contributed by atoms with Crippen molar-refractivity contribution < 1.29 is 14.5 Å². The molecule has 1 aliphatic heterocycles. The molecule has 3 heterocycles. The number of carboxylic acids is 1. The van der Waals surface area contributed by atoms with Gasteiger partial charge in [0, 0.05) is 24.2 Å². The zero-order valence-corrected chi connectivity index (χ0v) is 21.8. The van der Waals surface area contributed by atoms with Crippen molar-refractivity contribution in [2.24, 2.45) is 5.92 Å². The number of nitrogens with one attached hydrogen (secondary N) is 1. The summed E-state index contributed by atoms with van der Waals surface area (Å²) in [5.41, 5.74) is 4.30. The normalized spacial score (nSPS) is 23.7. The number of tetrazole rings is 1. The molecule has 2 aromatic heterocycles. The van der Waals surface area contributed by atoms with Crippen LogP contribution >= 0.6 is 0 Å². The van der Waals surface area contributed by atoms with Crippen LogP contribution in [0.3, 0.4) is 0 Å². The van der Waals surface area contributed by atoms with Crippen molar-refractivity contribution in [2.75, 3.05) is 6.67 Å². The van der Waals surface area contributed by atoms with Crippen LogP contribution in [0.4, 0.5) is 0 Å². The molecule has 38 heavy (non-hydrogen) atoms. The number of carboxylic acid groups (broad SMARTS) is 1. The van der Waals surface area contributed by atoms with Gasteiger partial charge in [-0.25, -0.2) is 0 Å². The number of unbranched alkanes of at least 4 members (excludes halogenated alkanes) is 1. The van der Waals surface area contributed by atoms with E-state index in [0.29, 0.717) is 24.4 Å². The van der Waals surface area contributed by atoms with Crippen LogP contribution in [0.15, 0.2) is 54.5 Å². The third-order valence-electron chi connectivity index (χ3n) is 7.77. The summed E-state index contributed by atoms with van der Waals surface area (Å²) in [6.45, 7) is 2.55. The summed E-state index contributed by atoms with van der Waals surface area (Å²) in [7, 11) is 0. The van der Waals surface area contributed by atoms with E-state index in [9.17, 15) is 15.1 Å². The van der Waals surface area contributed by atoms with Gasteiger partial charge >= 0.3 is 5.97 Å². The minimum Gasteiger partial charge on any atom is -0.626 e. The first-order valence-corrected chi connectivity index (χ1v) is 13.5. The van der Waals surface area contributed by atoms with E-state index >= 15 is 0 Å². The lowest BCUT2D eigenvalue weighted by molar-refractivity contribution is -0.860. The number of carbonyl (C=O) groups is 1. The zero-order chi connectivity index (χ0) is 26.5. The number of aromatic nitrogens is 5. The predicted molar refractivity (Wildman–Crippen MR) is 142 cm³/mol. The predicted octanol–water partition coefficient (Wildman–Crippen LogP) is 5.08. The van der Waals surface area contributed by atoms with Crippen LogP contribution in [0.25, 0.3) is 22.5 Å². The number of hydrogen-bond donors (Lipinski definition) is 2. The van der Waals surface area contributed by atoms with Crippen LogP contribution in [0.1, 0.15) is 64.0 Å². The van der Waals surface area contributed by atoms with E-state index < -0.39 is 16.5 Å². The Morgan fingerprint density at radius 1 is 1.16 bits per heavy atom. The van der Waals surface area contributed by atoms with Crippen molar-refractivity contribution in [2.45, 2.75) is 70.9 Å². The molecule has 1 saturated carbocycles. The van der Waals surface area contributed by atoms with Crippen molar-refractivity contribution in [3.05, 3.63) is 65.4 Å². The van der Waals surface area contributed by atoms with Gasteiger partial charge in [-0.05, 0) is 53.8 Å². The van der Waals surface area contributed by atoms with Gasteiger partial charge in [-0.1, -0.05) is 50.8 Å². The summed E-state index contributed by atoms with van der Waals surface area (Å²) in [4.78, 5) is 18.7. The summed E-state index contributed by atoms with van der Waals surface area (Å²) in [5.74, 6) is -0.680. The highest BCUT2D eigenvalue weighted by Gasteiger charge is 2.40. The Kier molecular flexibility index (Phi) is 7.80. The van der Waals surface area contributed by atoms with Crippen LogP contribution in [-0.2, 0) is 11.3 Å². The first-order chi connectivity index (χ1) is 18.5. The van der Waals surface area contributed by atoms with E-state index in [1.54, 1.807) is 6.20 Å². The molecule has 1 aliphatic carbocycles. The molecule has 10 heteroatoms. The quantitative estimate of drug-likeness (QED) is 0.228. The van der Waals surface area contributed by atoms with Gasteiger partial charge < -0.3 is 19.9 Å². The summed E-state index contributed by atoms with van der Waals surface area (Å²) in [6, 6.07) is 11.6. The molecule has 0 saturated heterocycles. The minimum atomic E-state index is -0.756. The standard InChI is InChI=1S/C28H35N7O3/c1-2-3-10-24-17-34(26-12-6-4-5-11-25(26)28(36)37)19-35(24,38)18-23-16-21(13-14-29-23)20-8-7-9-22(15-20)27-30-32-33-31-27/h7-9,13-17,25-26H,2-6,10-12,18-19H2,1H3,(H,36,37)(H,30,31,32,33). The average molecular weight is 518 g/mol. The number of aliphatic carboxylic acids is 1. The summed E-state index contributed by atoms with van der Waals surface area (Å²) in [6.07, 6.45) is 10.8. The van der Waals surface area contributed by atoms with Crippen molar-refractivity contribution in [1.82, 2.24) is 30.5 Å². The molecule has 0 spiro atoms. The number of benzene rings is 1. The van der Waals surface area contributed by atoms with Crippen molar-refractivity contribution >= 4 is 5.97 Å². The highest BCUT2D eigenvalue weighted by atomic mass is 16.6. The highest BCUT2D eigenvalue weighted by Crippen LogP contribution is 2.37. The van der Waals surface area contributed by atoms with Gasteiger partial charge in [-0.15, -0.1) is 10.2 Å². The number of hydroxylamine groups is 3. The smallest absolute Gasteiger partial charge is 0.308 e. The first kappa shape index (κ1) is 26.0. The van der Waals surface area contributed by atoms with Crippen molar-refractivity contribution in [3.63, 3.8) is 0 Å². The molecule has 1 aromatic carbocycles. The van der Waals surface area contributed by atoms with Gasteiger partial charge in [-0.2, -0.15) is 5.21 Å². The monoisotopic (exact) mass is 517 g/mol. The zero-order valence-electron chi connectivity index (χ0n) is 21.8. The second-order valence-electron chi connectivity index (χ2n) is 10.4. The lowest BCUT2D eigenvalue weighted by Crippen LogP contribution is -2.47. The number of allylic oxidation sites excluding steroid dienone is 1. The van der Waals surface area contributed by atoms with Gasteiger partial charge in [0.25, 0.3) is 0 Å². The molecule has 1 fully saturated rings. The van der Waals surface area contributed by atoms with E-state index in [1.807, 2.05) is 47.5 Å². The van der Waals surface area contributed by atoms with Crippen LogP contribution in [0, 0.1) is 11.1 Å². The molecular formula is C28H35N7O3. The Morgan fingerprint density at radius 3 is 2.76 bits per heavy atom. The number of nitrogens with zero attached hydrogens (tertiary/aromatic N) is 6. The van der Waals surface area contributed by atoms with Gasteiger partial charge in [0.05, 0.1) is 17.8 Å². The molecule has 200 valence electrons. The topological polar surface area (TPSA) is 131 Å². The first-order valence-electron chi connectivity index (χ1n) is 13.5. The highest BCUT2D eigenvalue weighted by molar-refractivity contribution is 5.71. The van der Waals surface area contributed by atoms with Gasteiger partial charge in [0.15, 0.2) is 6.67 Å². The minimum absolute atomic E-state index is 0.146. The molecule has 10 nitrogen and oxygen atoms in total. The number of quaternary nitrogens is 1. The molecule has 0 bridgehead atoms. The molecule has 0 radical (unpaired) electrons. The number of rotatable bonds is 9. The van der Waals surface area contributed by atoms with Crippen LogP contribution in [0.5, 0.6) is 0 Å². The fraction of sp³-hybridized carbons (Fsp3) is 0.464. The molecule has 5 rings (SSSR count). The third-order valence-corrected chi connectivity index (χ3v) is 7.77. The molecule has 3 aromatic rings. The maximum atomic E-state index is 14.4. The van der Waals surface area contributed by atoms with E-state index in [4.69, 9.17) is 0 Å². The fourth-order valence-electron chi connectivity index (χ4n) is 5.77. The molecule has 2 aliphatic rings. The van der Waals surface area contributed by atoms with Gasteiger partial charge in [-0.3, -0.25) is 9.78 Å². The molecule has 3 unspecified atom stereocenters. The Labute approximate surface area is 222 Å². The Hall–Kier alpha value is -3.63. The van der Waals surface area contributed by atoms with E-state index in [-0.39, 0.29) is 19.3 Å². The van der Waals surface area contributed by atoms with E-state index in [0.717, 1.165) is 60.9 Å². The lowest BCUT2D eigenvalue weighted by Gasteiger charge is -2.42. The maximum absolute atomic E-state index is 14.4. The van der Waals surface area contributed by atoms with E-state index in [1.165, 1.54) is 0 Å². The molecular weight excluding hydrogens is 482 g/mol.